The van der Waals surface area contributed by atoms with Crippen molar-refractivity contribution in [2.24, 2.45) is 0 Å². The number of benzene rings is 1. The van der Waals surface area contributed by atoms with E-state index in [1.54, 1.807) is 12.0 Å². The predicted molar refractivity (Wildman–Crippen MR) is 75.4 cm³/mol. The van der Waals surface area contributed by atoms with E-state index in [4.69, 9.17) is 4.74 Å². The lowest BCUT2D eigenvalue weighted by Gasteiger charge is -2.36. The minimum atomic E-state index is -0.143. The summed E-state index contributed by atoms with van der Waals surface area (Å²) in [6.45, 7) is 2.75. The summed E-state index contributed by atoms with van der Waals surface area (Å²) in [6.07, 6.45) is 1.34. The molecule has 0 N–H and O–H groups in total. The average molecular weight is 288 g/mol. The number of hydrogen-bond acceptors (Lipinski definition) is 6. The molecule has 110 valence electrons. The van der Waals surface area contributed by atoms with Gasteiger partial charge >= 0.3 is 0 Å². The lowest BCUT2D eigenvalue weighted by molar-refractivity contribution is 0.0735. The van der Waals surface area contributed by atoms with Gasteiger partial charge in [-0.15, -0.1) is 0 Å². The van der Waals surface area contributed by atoms with E-state index >= 15 is 0 Å². The highest BCUT2D eigenvalue weighted by molar-refractivity contribution is 5.92. The average Bonchev–Trinajstić information content (AvgIpc) is 3.09. The molecule has 0 atom stereocenters. The maximum atomic E-state index is 12.1. The Morgan fingerprint density at radius 2 is 2.00 bits per heavy atom. The van der Waals surface area contributed by atoms with Crippen LogP contribution in [0.15, 0.2) is 35.1 Å². The van der Waals surface area contributed by atoms with Crippen LogP contribution in [-0.4, -0.2) is 54.4 Å². The van der Waals surface area contributed by atoms with Crippen LogP contribution in [0, 0.1) is 0 Å². The van der Waals surface area contributed by atoms with Crippen LogP contribution in [0.3, 0.4) is 0 Å². The van der Waals surface area contributed by atoms with Crippen molar-refractivity contribution in [3.8, 4) is 5.75 Å². The summed E-state index contributed by atoms with van der Waals surface area (Å²) < 4.78 is 9.85. The Labute approximate surface area is 122 Å². The van der Waals surface area contributed by atoms with Gasteiger partial charge in [-0.3, -0.25) is 4.79 Å². The Balaban J connectivity index is 1.66. The molecular weight excluding hydrogens is 272 g/mol. The Hall–Kier alpha value is -2.57. The van der Waals surface area contributed by atoms with E-state index < -0.39 is 0 Å². The topological polar surface area (TPSA) is 71.7 Å². The summed E-state index contributed by atoms with van der Waals surface area (Å²) in [5.41, 5.74) is 1.30. The molecule has 0 saturated carbocycles. The zero-order valence-corrected chi connectivity index (χ0v) is 11.7. The number of anilines is 1. The van der Waals surface area contributed by atoms with Crippen molar-refractivity contribution < 1.29 is 14.2 Å². The summed E-state index contributed by atoms with van der Waals surface area (Å²) in [7, 11) is 1.66. The van der Waals surface area contributed by atoms with Crippen LogP contribution in [0.2, 0.25) is 0 Å². The minimum Gasteiger partial charge on any atom is -0.495 e. The number of methoxy groups -OCH3 is 1. The number of amides is 1. The summed E-state index contributed by atoms with van der Waals surface area (Å²) in [6, 6.07) is 7.89. The lowest BCUT2D eigenvalue weighted by atomic mass is 10.2. The van der Waals surface area contributed by atoms with E-state index in [-0.39, 0.29) is 11.6 Å². The smallest absolute Gasteiger partial charge is 0.277 e. The van der Waals surface area contributed by atoms with Gasteiger partial charge in [0.15, 0.2) is 5.69 Å². The molecule has 1 aliphatic heterocycles. The first-order valence-electron chi connectivity index (χ1n) is 6.74. The first-order valence-corrected chi connectivity index (χ1v) is 6.74. The molecule has 7 nitrogen and oxygen atoms in total. The number of para-hydroxylation sites is 2. The number of rotatable bonds is 3. The van der Waals surface area contributed by atoms with Crippen LogP contribution in [0.4, 0.5) is 5.69 Å². The molecule has 0 spiro atoms. The molecule has 1 saturated heterocycles. The first kappa shape index (κ1) is 13.4. The Bertz CT molecular complexity index is 606. The standard InChI is InChI=1S/C14H16N4O3/c1-20-13-5-3-2-4-12(13)17-6-8-18(9-7-17)14(19)11-10-15-21-16-11/h2-5,10H,6-9H2,1H3. The number of ether oxygens (including phenoxy) is 1. The van der Waals surface area contributed by atoms with Gasteiger partial charge in [0.1, 0.15) is 11.9 Å². The Morgan fingerprint density at radius 1 is 1.24 bits per heavy atom. The molecule has 1 fully saturated rings. The van der Waals surface area contributed by atoms with Crippen molar-refractivity contribution in [3.05, 3.63) is 36.2 Å². The molecule has 0 radical (unpaired) electrons. The second-order valence-corrected chi connectivity index (χ2v) is 4.74. The van der Waals surface area contributed by atoms with Crippen LogP contribution in [0.25, 0.3) is 0 Å². The molecule has 7 heteroatoms. The van der Waals surface area contributed by atoms with Gasteiger partial charge in [-0.25, -0.2) is 4.63 Å². The molecule has 1 aromatic heterocycles. The molecule has 0 bridgehead atoms. The van der Waals surface area contributed by atoms with Gasteiger partial charge in [0, 0.05) is 26.2 Å². The second kappa shape index (κ2) is 5.82. The highest BCUT2D eigenvalue weighted by atomic mass is 16.6. The third-order valence-electron chi connectivity index (χ3n) is 3.57. The quantitative estimate of drug-likeness (QED) is 0.840. The SMILES string of the molecule is COc1ccccc1N1CCN(C(=O)c2cnon2)CC1. The predicted octanol–water partition coefficient (Wildman–Crippen LogP) is 1.04. The first-order chi connectivity index (χ1) is 10.3. The second-order valence-electron chi connectivity index (χ2n) is 4.74. The molecular formula is C14H16N4O3. The maximum absolute atomic E-state index is 12.1. The van der Waals surface area contributed by atoms with Crippen molar-refractivity contribution in [2.75, 3.05) is 38.2 Å². The van der Waals surface area contributed by atoms with Gasteiger partial charge in [-0.2, -0.15) is 0 Å². The summed E-state index contributed by atoms with van der Waals surface area (Å²) in [5.74, 6) is 0.703. The molecule has 0 unspecified atom stereocenters. The largest absolute Gasteiger partial charge is 0.495 e. The van der Waals surface area contributed by atoms with E-state index in [1.807, 2.05) is 24.3 Å². The van der Waals surface area contributed by atoms with Gasteiger partial charge < -0.3 is 14.5 Å². The van der Waals surface area contributed by atoms with Gasteiger partial charge in [-0.1, -0.05) is 17.3 Å². The zero-order valence-electron chi connectivity index (χ0n) is 11.7. The zero-order chi connectivity index (χ0) is 14.7. The highest BCUT2D eigenvalue weighted by Crippen LogP contribution is 2.28. The van der Waals surface area contributed by atoms with Crippen LogP contribution < -0.4 is 9.64 Å². The summed E-state index contributed by atoms with van der Waals surface area (Å²) in [5, 5.41) is 7.05. The summed E-state index contributed by atoms with van der Waals surface area (Å²) in [4.78, 5) is 16.1. The van der Waals surface area contributed by atoms with Crippen molar-refractivity contribution in [2.45, 2.75) is 0 Å². The van der Waals surface area contributed by atoms with Crippen molar-refractivity contribution in [1.82, 2.24) is 15.2 Å². The number of piperazine rings is 1. The van der Waals surface area contributed by atoms with E-state index in [2.05, 4.69) is 19.8 Å². The third kappa shape index (κ3) is 2.67. The van der Waals surface area contributed by atoms with E-state index in [9.17, 15) is 4.79 Å². The monoisotopic (exact) mass is 288 g/mol. The van der Waals surface area contributed by atoms with Crippen LogP contribution in [0.1, 0.15) is 10.5 Å². The molecule has 1 aliphatic rings. The number of aromatic nitrogens is 2. The number of carbonyl (C=O) groups excluding carboxylic acids is 1. The molecule has 1 aromatic carbocycles. The molecule has 0 aliphatic carbocycles. The van der Waals surface area contributed by atoms with E-state index in [0.717, 1.165) is 24.5 Å². The van der Waals surface area contributed by atoms with Crippen molar-refractivity contribution in [3.63, 3.8) is 0 Å². The number of carbonyl (C=O) groups is 1. The summed E-state index contributed by atoms with van der Waals surface area (Å²) >= 11 is 0. The molecule has 21 heavy (non-hydrogen) atoms. The number of hydrogen-bond donors (Lipinski definition) is 0. The number of nitrogens with zero attached hydrogens (tertiary/aromatic N) is 4. The molecule has 2 heterocycles. The lowest BCUT2D eigenvalue weighted by Crippen LogP contribution is -2.49. The van der Waals surface area contributed by atoms with E-state index in [0.29, 0.717) is 13.1 Å². The van der Waals surface area contributed by atoms with E-state index in [1.165, 1.54) is 6.20 Å². The van der Waals surface area contributed by atoms with Gasteiger partial charge in [0.2, 0.25) is 0 Å². The van der Waals surface area contributed by atoms with Crippen molar-refractivity contribution in [1.29, 1.82) is 0 Å². The molecule has 1 amide bonds. The Kier molecular flexibility index (Phi) is 3.72. The van der Waals surface area contributed by atoms with Gasteiger partial charge in [-0.05, 0) is 17.3 Å². The fourth-order valence-corrected chi connectivity index (χ4v) is 2.46. The maximum Gasteiger partial charge on any atom is 0.277 e. The van der Waals surface area contributed by atoms with Crippen molar-refractivity contribution >= 4 is 11.6 Å². The van der Waals surface area contributed by atoms with Crippen LogP contribution in [0.5, 0.6) is 5.75 Å². The van der Waals surface area contributed by atoms with Crippen LogP contribution in [-0.2, 0) is 0 Å². The molecule has 3 rings (SSSR count). The van der Waals surface area contributed by atoms with Gasteiger partial charge in [0.25, 0.3) is 5.91 Å². The fourth-order valence-electron chi connectivity index (χ4n) is 2.46. The fraction of sp³-hybridized carbons (Fsp3) is 0.357. The minimum absolute atomic E-state index is 0.143. The van der Waals surface area contributed by atoms with Gasteiger partial charge in [0.05, 0.1) is 12.8 Å². The molecule has 2 aromatic rings. The normalized spacial score (nSPS) is 15.1. The Morgan fingerprint density at radius 3 is 2.67 bits per heavy atom. The third-order valence-corrected chi connectivity index (χ3v) is 3.57. The van der Waals surface area contributed by atoms with Crippen LogP contribution >= 0.6 is 0 Å². The highest BCUT2D eigenvalue weighted by Gasteiger charge is 2.25.